The van der Waals surface area contributed by atoms with Crippen LogP contribution in [0.3, 0.4) is 0 Å². The molecule has 0 aromatic carbocycles. The van der Waals surface area contributed by atoms with Gasteiger partial charge in [-0.25, -0.2) is 17.7 Å². The average Bonchev–Trinajstić information content (AvgIpc) is 3.21. The number of hydrogen-bond acceptors (Lipinski definition) is 6. The molecule has 3 N–H and O–H groups in total. The topological polar surface area (TPSA) is 112 Å². The van der Waals surface area contributed by atoms with E-state index in [4.69, 9.17) is 0 Å². The molecule has 1 aromatic rings. The number of carbonyl (C=O) groups excluding carboxylic acids is 1. The minimum Gasteiger partial charge on any atom is -0.504 e. The molecule has 2 aliphatic heterocycles. The predicted molar refractivity (Wildman–Crippen MR) is 84.5 cm³/mol. The second-order valence-corrected chi connectivity index (χ2v) is 8.04. The SMILES string of the molecule is O=C(Nc1ncccc1O)C1CC(S(=O)(=O)N2CCCC2)CN1. The highest BCUT2D eigenvalue weighted by atomic mass is 32.2. The number of hydrogen-bond donors (Lipinski definition) is 3. The number of nitrogens with one attached hydrogen (secondary N) is 2. The molecular weight excluding hydrogens is 320 g/mol. The molecule has 2 atom stereocenters. The first-order valence-corrected chi connectivity index (χ1v) is 9.16. The molecule has 2 fully saturated rings. The molecule has 0 radical (unpaired) electrons. The van der Waals surface area contributed by atoms with Gasteiger partial charge in [-0.05, 0) is 31.4 Å². The molecule has 2 aliphatic rings. The van der Waals surface area contributed by atoms with E-state index >= 15 is 0 Å². The van der Waals surface area contributed by atoms with Gasteiger partial charge >= 0.3 is 0 Å². The summed E-state index contributed by atoms with van der Waals surface area (Å²) in [5.41, 5.74) is 0. The number of sulfonamides is 1. The maximum Gasteiger partial charge on any atom is 0.242 e. The number of amides is 1. The first-order chi connectivity index (χ1) is 11.0. The van der Waals surface area contributed by atoms with Gasteiger partial charge in [0.05, 0.1) is 11.3 Å². The Hall–Kier alpha value is -1.71. The van der Waals surface area contributed by atoms with E-state index in [-0.39, 0.29) is 24.5 Å². The first-order valence-electron chi connectivity index (χ1n) is 7.65. The van der Waals surface area contributed by atoms with E-state index in [1.165, 1.54) is 16.6 Å². The normalized spacial score (nSPS) is 25.6. The lowest BCUT2D eigenvalue weighted by atomic mass is 10.2. The van der Waals surface area contributed by atoms with Crippen LogP contribution >= 0.6 is 0 Å². The van der Waals surface area contributed by atoms with Crippen molar-refractivity contribution >= 4 is 21.7 Å². The van der Waals surface area contributed by atoms with E-state index in [0.717, 1.165) is 12.8 Å². The summed E-state index contributed by atoms with van der Waals surface area (Å²) in [6, 6.07) is 2.36. The van der Waals surface area contributed by atoms with Crippen molar-refractivity contribution in [3.63, 3.8) is 0 Å². The lowest BCUT2D eigenvalue weighted by molar-refractivity contribution is -0.117. The fourth-order valence-corrected chi connectivity index (χ4v) is 4.91. The van der Waals surface area contributed by atoms with Crippen LogP contribution in [0.25, 0.3) is 0 Å². The van der Waals surface area contributed by atoms with Crippen LogP contribution in [0.4, 0.5) is 5.82 Å². The summed E-state index contributed by atoms with van der Waals surface area (Å²) in [7, 11) is -3.36. The fourth-order valence-electron chi connectivity index (χ4n) is 2.98. The fraction of sp³-hybridized carbons (Fsp3) is 0.571. The van der Waals surface area contributed by atoms with Crippen LogP contribution < -0.4 is 10.6 Å². The largest absolute Gasteiger partial charge is 0.504 e. The number of carbonyl (C=O) groups is 1. The number of aromatic hydroxyl groups is 1. The van der Waals surface area contributed by atoms with E-state index in [2.05, 4.69) is 15.6 Å². The highest BCUT2D eigenvalue weighted by Gasteiger charge is 2.41. The molecule has 0 spiro atoms. The molecule has 3 rings (SSSR count). The quantitative estimate of drug-likeness (QED) is 0.705. The summed E-state index contributed by atoms with van der Waals surface area (Å²) >= 11 is 0. The zero-order valence-electron chi connectivity index (χ0n) is 12.6. The Morgan fingerprint density at radius 2 is 2.13 bits per heavy atom. The van der Waals surface area contributed by atoms with E-state index in [0.29, 0.717) is 13.1 Å². The molecule has 3 heterocycles. The molecule has 126 valence electrons. The summed E-state index contributed by atoms with van der Waals surface area (Å²) < 4.78 is 26.6. The molecule has 8 nitrogen and oxygen atoms in total. The smallest absolute Gasteiger partial charge is 0.242 e. The Bertz CT molecular complexity index is 688. The van der Waals surface area contributed by atoms with E-state index < -0.39 is 27.2 Å². The number of rotatable bonds is 4. The molecule has 2 unspecified atom stereocenters. The molecule has 0 saturated carbocycles. The Morgan fingerprint density at radius 1 is 1.39 bits per heavy atom. The van der Waals surface area contributed by atoms with E-state index in [1.54, 1.807) is 6.07 Å². The van der Waals surface area contributed by atoms with Crippen molar-refractivity contribution in [1.29, 1.82) is 0 Å². The number of anilines is 1. The van der Waals surface area contributed by atoms with E-state index in [9.17, 15) is 18.3 Å². The number of pyridine rings is 1. The van der Waals surface area contributed by atoms with Gasteiger partial charge in [0.1, 0.15) is 0 Å². The molecular formula is C14H20N4O4S. The summed E-state index contributed by atoms with van der Waals surface area (Å²) in [5, 5.41) is 14.5. The second kappa shape index (κ2) is 6.42. The van der Waals surface area contributed by atoms with Crippen LogP contribution in [0.1, 0.15) is 19.3 Å². The Labute approximate surface area is 134 Å². The Morgan fingerprint density at radius 3 is 2.83 bits per heavy atom. The lowest BCUT2D eigenvalue weighted by Gasteiger charge is -2.20. The zero-order chi connectivity index (χ0) is 16.4. The molecule has 0 aliphatic carbocycles. The third-order valence-electron chi connectivity index (χ3n) is 4.28. The zero-order valence-corrected chi connectivity index (χ0v) is 13.4. The monoisotopic (exact) mass is 340 g/mol. The molecule has 2 saturated heterocycles. The lowest BCUT2D eigenvalue weighted by Crippen LogP contribution is -2.37. The van der Waals surface area contributed by atoms with Gasteiger partial charge in [-0.1, -0.05) is 0 Å². The minimum absolute atomic E-state index is 0.0742. The van der Waals surface area contributed by atoms with Crippen LogP contribution in [0, 0.1) is 0 Å². The molecule has 23 heavy (non-hydrogen) atoms. The van der Waals surface area contributed by atoms with E-state index in [1.807, 2.05) is 0 Å². The van der Waals surface area contributed by atoms with Crippen molar-refractivity contribution in [3.05, 3.63) is 18.3 Å². The van der Waals surface area contributed by atoms with Gasteiger partial charge in [-0.2, -0.15) is 0 Å². The van der Waals surface area contributed by atoms with Crippen molar-refractivity contribution < 1.29 is 18.3 Å². The Balaban J connectivity index is 1.63. The molecule has 9 heteroatoms. The molecule has 0 bridgehead atoms. The van der Waals surface area contributed by atoms with Crippen LogP contribution in [-0.4, -0.2) is 59.6 Å². The third-order valence-corrected chi connectivity index (χ3v) is 6.57. The van der Waals surface area contributed by atoms with Crippen LogP contribution in [-0.2, 0) is 14.8 Å². The standard InChI is InChI=1S/C14H20N4O4S/c19-12-4-3-5-15-13(12)17-14(20)11-8-10(9-16-11)23(21,22)18-6-1-2-7-18/h3-5,10-11,16,19H,1-2,6-9H2,(H,15,17,20). The van der Waals surface area contributed by atoms with Crippen molar-refractivity contribution in [2.75, 3.05) is 25.0 Å². The third kappa shape index (κ3) is 3.31. The van der Waals surface area contributed by atoms with Crippen LogP contribution in [0.15, 0.2) is 18.3 Å². The predicted octanol–water partition coefficient (Wildman–Crippen LogP) is -0.118. The van der Waals surface area contributed by atoms with Crippen molar-refractivity contribution in [1.82, 2.24) is 14.6 Å². The van der Waals surface area contributed by atoms with Gasteiger partial charge in [0.15, 0.2) is 11.6 Å². The van der Waals surface area contributed by atoms with Gasteiger partial charge in [-0.15, -0.1) is 0 Å². The van der Waals surface area contributed by atoms with Gasteiger partial charge in [0, 0.05) is 25.8 Å². The summed E-state index contributed by atoms with van der Waals surface area (Å²) in [4.78, 5) is 16.1. The first kappa shape index (κ1) is 16.2. The summed E-state index contributed by atoms with van der Waals surface area (Å²) in [5.74, 6) is -0.441. The molecule has 1 aromatic heterocycles. The Kier molecular flexibility index (Phi) is 4.51. The highest BCUT2D eigenvalue weighted by molar-refractivity contribution is 7.89. The maximum absolute atomic E-state index is 12.5. The summed E-state index contributed by atoms with van der Waals surface area (Å²) in [6.07, 6.45) is 3.46. The maximum atomic E-state index is 12.5. The minimum atomic E-state index is -3.36. The van der Waals surface area contributed by atoms with Gasteiger partial charge in [-0.3, -0.25) is 4.79 Å². The second-order valence-electron chi connectivity index (χ2n) is 5.83. The highest BCUT2D eigenvalue weighted by Crippen LogP contribution is 2.24. The van der Waals surface area contributed by atoms with Crippen molar-refractivity contribution in [2.45, 2.75) is 30.6 Å². The van der Waals surface area contributed by atoms with Gasteiger partial charge < -0.3 is 15.7 Å². The van der Waals surface area contributed by atoms with Crippen molar-refractivity contribution in [2.24, 2.45) is 0 Å². The summed E-state index contributed by atoms with van der Waals surface area (Å²) in [6.45, 7) is 1.39. The van der Waals surface area contributed by atoms with Crippen molar-refractivity contribution in [3.8, 4) is 5.75 Å². The van der Waals surface area contributed by atoms with Crippen LogP contribution in [0.5, 0.6) is 5.75 Å². The number of aromatic nitrogens is 1. The van der Waals surface area contributed by atoms with Gasteiger partial charge in [0.2, 0.25) is 15.9 Å². The van der Waals surface area contributed by atoms with Crippen LogP contribution in [0.2, 0.25) is 0 Å². The molecule has 1 amide bonds. The number of nitrogens with zero attached hydrogens (tertiary/aromatic N) is 2. The average molecular weight is 340 g/mol. The van der Waals surface area contributed by atoms with Gasteiger partial charge in [0.25, 0.3) is 0 Å².